The largest absolute Gasteiger partial charge is 0.368 e. The first kappa shape index (κ1) is 38.8. The third kappa shape index (κ3) is 13.1. The van der Waals surface area contributed by atoms with Crippen molar-refractivity contribution in [1.82, 2.24) is 21.3 Å². The minimum Gasteiger partial charge on any atom is -0.368 e. The number of benzene rings is 2. The van der Waals surface area contributed by atoms with Crippen molar-refractivity contribution in [1.29, 1.82) is 0 Å². The number of Topliss-reactive ketones (excluding diaryl/α,β-unsaturated/α-hetero) is 1. The van der Waals surface area contributed by atoms with Gasteiger partial charge in [0.15, 0.2) is 5.78 Å². The zero-order valence-corrected chi connectivity index (χ0v) is 29.6. The number of epoxide rings is 1. The lowest BCUT2D eigenvalue weighted by Crippen LogP contribution is -2.58. The third-order valence-corrected chi connectivity index (χ3v) is 8.41. The maximum Gasteiger partial charge on any atom is 0.249 e. The molecule has 0 bridgehead atoms. The standard InChI is InChI=1S/C38H56N4O6/c1-26(2)22-30(34(43)38(5)25-48-38)40-36(45)32(24-29-16-11-8-12-17-29)41-35(44)31(23-27(3)4)42-37(46)33(47-21-13-20-39-6)19-18-28-14-9-7-10-15-28/h7-12,14-17,26-27,30-33,39H,13,18-25H2,1-6H3,(H,40,45)(H,41,44)(H,42,46)/t30-,31-,32-,33?,38+/m0/s1. The van der Waals surface area contributed by atoms with Crippen molar-refractivity contribution in [3.8, 4) is 0 Å². The highest BCUT2D eigenvalue weighted by Gasteiger charge is 2.50. The number of rotatable bonds is 22. The fourth-order valence-electron chi connectivity index (χ4n) is 5.60. The molecule has 10 nitrogen and oxygen atoms in total. The molecule has 10 heteroatoms. The van der Waals surface area contributed by atoms with Crippen molar-refractivity contribution in [3.63, 3.8) is 0 Å². The molecule has 0 saturated carbocycles. The summed E-state index contributed by atoms with van der Waals surface area (Å²) >= 11 is 0. The number of hydrogen-bond donors (Lipinski definition) is 4. The lowest BCUT2D eigenvalue weighted by molar-refractivity contribution is -0.138. The Balaban J connectivity index is 1.79. The van der Waals surface area contributed by atoms with Gasteiger partial charge in [-0.25, -0.2) is 0 Å². The van der Waals surface area contributed by atoms with Crippen LogP contribution in [0.15, 0.2) is 60.7 Å². The zero-order chi connectivity index (χ0) is 35.1. The van der Waals surface area contributed by atoms with Gasteiger partial charge in [-0.15, -0.1) is 0 Å². The van der Waals surface area contributed by atoms with Crippen LogP contribution >= 0.6 is 0 Å². The highest BCUT2D eigenvalue weighted by Crippen LogP contribution is 2.29. The Morgan fingerprint density at radius 1 is 0.771 bits per heavy atom. The van der Waals surface area contributed by atoms with Gasteiger partial charge in [-0.05, 0) is 75.6 Å². The molecule has 48 heavy (non-hydrogen) atoms. The second-order valence-corrected chi connectivity index (χ2v) is 13.9. The molecule has 0 radical (unpaired) electrons. The number of aryl methyl sites for hydroxylation is 1. The number of carbonyl (C=O) groups is 4. The summed E-state index contributed by atoms with van der Waals surface area (Å²) in [5.74, 6) is -1.23. The average Bonchev–Trinajstić information content (AvgIpc) is 3.81. The zero-order valence-electron chi connectivity index (χ0n) is 29.6. The van der Waals surface area contributed by atoms with E-state index in [4.69, 9.17) is 9.47 Å². The first-order chi connectivity index (χ1) is 22.9. The van der Waals surface area contributed by atoms with Gasteiger partial charge in [0.25, 0.3) is 0 Å². The molecule has 2 aromatic rings. The van der Waals surface area contributed by atoms with Crippen LogP contribution in [0.2, 0.25) is 0 Å². The molecule has 264 valence electrons. The van der Waals surface area contributed by atoms with E-state index in [9.17, 15) is 19.2 Å². The molecular weight excluding hydrogens is 608 g/mol. The van der Waals surface area contributed by atoms with Crippen LogP contribution < -0.4 is 21.3 Å². The molecule has 2 aromatic carbocycles. The minimum absolute atomic E-state index is 0.0779. The van der Waals surface area contributed by atoms with E-state index in [1.165, 1.54) is 0 Å². The summed E-state index contributed by atoms with van der Waals surface area (Å²) < 4.78 is 11.5. The summed E-state index contributed by atoms with van der Waals surface area (Å²) in [6.07, 6.45) is 2.12. The number of carbonyl (C=O) groups excluding carboxylic acids is 4. The van der Waals surface area contributed by atoms with E-state index in [1.54, 1.807) is 6.92 Å². The molecule has 4 N–H and O–H groups in total. The molecular formula is C38H56N4O6. The van der Waals surface area contributed by atoms with Gasteiger partial charge < -0.3 is 30.7 Å². The first-order valence-corrected chi connectivity index (χ1v) is 17.3. The minimum atomic E-state index is -0.978. The summed E-state index contributed by atoms with van der Waals surface area (Å²) in [5, 5.41) is 11.9. The second-order valence-electron chi connectivity index (χ2n) is 13.9. The Labute approximate surface area is 286 Å². The van der Waals surface area contributed by atoms with Crippen molar-refractivity contribution in [2.75, 3.05) is 26.8 Å². The van der Waals surface area contributed by atoms with Gasteiger partial charge in [0.2, 0.25) is 17.7 Å². The van der Waals surface area contributed by atoms with Crippen LogP contribution in [0, 0.1) is 11.8 Å². The van der Waals surface area contributed by atoms with Gasteiger partial charge >= 0.3 is 0 Å². The fourth-order valence-corrected chi connectivity index (χ4v) is 5.60. The Morgan fingerprint density at radius 3 is 1.85 bits per heavy atom. The maximum atomic E-state index is 13.9. The fraction of sp³-hybridized carbons (Fsp3) is 0.579. The highest BCUT2D eigenvalue weighted by atomic mass is 16.6. The van der Waals surface area contributed by atoms with Gasteiger partial charge in [-0.1, -0.05) is 88.4 Å². The monoisotopic (exact) mass is 664 g/mol. The third-order valence-electron chi connectivity index (χ3n) is 8.41. The number of nitrogens with one attached hydrogen (secondary N) is 4. The number of hydrogen-bond acceptors (Lipinski definition) is 7. The van der Waals surface area contributed by atoms with E-state index in [-0.39, 0.29) is 29.9 Å². The summed E-state index contributed by atoms with van der Waals surface area (Å²) in [6, 6.07) is 16.7. The van der Waals surface area contributed by atoms with Crippen LogP contribution in [-0.2, 0) is 41.5 Å². The average molecular weight is 665 g/mol. The number of ketones is 1. The molecule has 3 rings (SSSR count). The van der Waals surface area contributed by atoms with Crippen LogP contribution in [0.1, 0.15) is 71.4 Å². The molecule has 1 saturated heterocycles. The quantitative estimate of drug-likeness (QED) is 0.111. The molecule has 1 heterocycles. The second kappa shape index (κ2) is 19.4. The van der Waals surface area contributed by atoms with E-state index in [0.29, 0.717) is 38.9 Å². The first-order valence-electron chi connectivity index (χ1n) is 17.3. The Hall–Kier alpha value is -3.60. The van der Waals surface area contributed by atoms with E-state index in [2.05, 4.69) is 21.3 Å². The molecule has 1 fully saturated rings. The molecule has 3 amide bonds. The van der Waals surface area contributed by atoms with Gasteiger partial charge in [0.05, 0.1) is 12.6 Å². The van der Waals surface area contributed by atoms with Crippen LogP contribution in [0.25, 0.3) is 0 Å². The van der Waals surface area contributed by atoms with Crippen LogP contribution in [0.3, 0.4) is 0 Å². The van der Waals surface area contributed by atoms with Crippen molar-refractivity contribution < 1.29 is 28.7 Å². The van der Waals surface area contributed by atoms with Crippen LogP contribution in [-0.4, -0.2) is 80.1 Å². The lowest BCUT2D eigenvalue weighted by atomic mass is 9.93. The van der Waals surface area contributed by atoms with E-state index >= 15 is 0 Å². The smallest absolute Gasteiger partial charge is 0.249 e. The van der Waals surface area contributed by atoms with Crippen LogP contribution in [0.4, 0.5) is 0 Å². The summed E-state index contributed by atoms with van der Waals surface area (Å²) in [7, 11) is 1.87. The Kier molecular flexibility index (Phi) is 15.7. The topological polar surface area (TPSA) is 138 Å². The molecule has 0 aliphatic carbocycles. The molecule has 1 unspecified atom stereocenters. The van der Waals surface area contributed by atoms with E-state index in [1.807, 2.05) is 95.4 Å². The van der Waals surface area contributed by atoms with Crippen molar-refractivity contribution in [2.45, 2.75) is 103 Å². The lowest BCUT2D eigenvalue weighted by Gasteiger charge is -2.28. The number of amides is 3. The van der Waals surface area contributed by atoms with Crippen LogP contribution in [0.5, 0.6) is 0 Å². The Morgan fingerprint density at radius 2 is 1.29 bits per heavy atom. The van der Waals surface area contributed by atoms with Crippen molar-refractivity contribution in [3.05, 3.63) is 71.8 Å². The molecule has 0 spiro atoms. The Bertz CT molecular complexity index is 1300. The summed E-state index contributed by atoms with van der Waals surface area (Å²) in [4.78, 5) is 54.8. The maximum absolute atomic E-state index is 13.9. The summed E-state index contributed by atoms with van der Waals surface area (Å²) in [6.45, 7) is 11.1. The van der Waals surface area contributed by atoms with Crippen molar-refractivity contribution >= 4 is 23.5 Å². The highest BCUT2D eigenvalue weighted by molar-refractivity contribution is 5.98. The van der Waals surface area contributed by atoms with E-state index < -0.39 is 41.6 Å². The van der Waals surface area contributed by atoms with Crippen molar-refractivity contribution in [2.24, 2.45) is 11.8 Å². The molecule has 1 aliphatic rings. The molecule has 1 aliphatic heterocycles. The van der Waals surface area contributed by atoms with Gasteiger partial charge in [0, 0.05) is 13.0 Å². The van der Waals surface area contributed by atoms with Gasteiger partial charge in [-0.3, -0.25) is 19.2 Å². The SMILES string of the molecule is CNCCCOC(CCc1ccccc1)C(=O)N[C@@H](CC(C)C)C(=O)N[C@@H](Cc1ccccc1)C(=O)N[C@@H](CC(C)C)C(=O)[C@@]1(C)CO1. The number of ether oxygens (including phenoxy) is 2. The predicted molar refractivity (Wildman–Crippen MR) is 187 cm³/mol. The van der Waals surface area contributed by atoms with Gasteiger partial charge in [-0.2, -0.15) is 0 Å². The normalized spacial score (nSPS) is 18.1. The summed E-state index contributed by atoms with van der Waals surface area (Å²) in [5.41, 5.74) is 1.04. The molecule has 0 aromatic heterocycles. The molecule has 5 atom stereocenters. The van der Waals surface area contributed by atoms with E-state index in [0.717, 1.165) is 24.1 Å². The predicted octanol–water partition coefficient (Wildman–Crippen LogP) is 3.76. The van der Waals surface area contributed by atoms with Gasteiger partial charge in [0.1, 0.15) is 23.8 Å².